The summed E-state index contributed by atoms with van der Waals surface area (Å²) in [7, 11) is 0. The minimum absolute atomic E-state index is 0.122. The number of fused-ring (bicyclic) bond motifs is 2. The second-order valence-corrected chi connectivity index (χ2v) is 12.4. The first-order chi connectivity index (χ1) is 20.9. The molecule has 1 aliphatic heterocycles. The van der Waals surface area contributed by atoms with Crippen molar-refractivity contribution in [2.75, 3.05) is 0 Å². The third-order valence-corrected chi connectivity index (χ3v) is 7.71. The fourth-order valence-corrected chi connectivity index (χ4v) is 5.66. The maximum absolute atomic E-state index is 14.0. The van der Waals surface area contributed by atoms with Crippen molar-refractivity contribution in [2.45, 2.75) is 78.2 Å². The lowest BCUT2D eigenvalue weighted by atomic mass is 9.95. The Morgan fingerprint density at radius 3 is 2.41 bits per heavy atom. The summed E-state index contributed by atoms with van der Waals surface area (Å²) >= 11 is 0. The van der Waals surface area contributed by atoms with Crippen LogP contribution in [0, 0.1) is 13.8 Å². The molecule has 0 spiro atoms. The van der Waals surface area contributed by atoms with Gasteiger partial charge in [-0.1, -0.05) is 36.4 Å². The maximum atomic E-state index is 14.0. The number of carbonyl (C=O) groups is 3. The van der Waals surface area contributed by atoms with Crippen LogP contribution in [0.3, 0.4) is 0 Å². The minimum Gasteiger partial charge on any atom is -0.508 e. The number of alkyl carbamates (subject to hydrolysis) is 1. The highest BCUT2D eigenvalue weighted by Gasteiger charge is 2.34. The van der Waals surface area contributed by atoms with E-state index in [-0.39, 0.29) is 24.6 Å². The van der Waals surface area contributed by atoms with Crippen LogP contribution >= 0.6 is 0 Å². The van der Waals surface area contributed by atoms with Gasteiger partial charge in [0.1, 0.15) is 29.3 Å². The second-order valence-electron chi connectivity index (χ2n) is 12.4. The van der Waals surface area contributed by atoms with Gasteiger partial charge in [-0.25, -0.2) is 9.78 Å². The lowest BCUT2D eigenvalue weighted by Gasteiger charge is -2.27. The number of ether oxygens (including phenoxy) is 1. The summed E-state index contributed by atoms with van der Waals surface area (Å²) in [6, 6.07) is 16.8. The molecule has 0 aliphatic carbocycles. The maximum Gasteiger partial charge on any atom is 0.408 e. The van der Waals surface area contributed by atoms with E-state index in [9.17, 15) is 19.5 Å². The predicted octanol–water partition coefficient (Wildman–Crippen LogP) is 4.59. The largest absolute Gasteiger partial charge is 0.508 e. The van der Waals surface area contributed by atoms with Gasteiger partial charge in [0.05, 0.1) is 17.6 Å². The number of H-pyrrole nitrogens is 1. The van der Waals surface area contributed by atoms with Crippen LogP contribution in [-0.4, -0.2) is 55.6 Å². The number of amides is 3. The molecular weight excluding hydrogens is 558 g/mol. The lowest BCUT2D eigenvalue weighted by molar-refractivity contribution is -0.137. The molecule has 230 valence electrons. The highest BCUT2D eigenvalue weighted by molar-refractivity contribution is 5.92. The third kappa shape index (κ3) is 7.19. The number of nitrogens with zero attached hydrogens (tertiary/aromatic N) is 2. The van der Waals surface area contributed by atoms with E-state index < -0.39 is 29.7 Å². The molecule has 0 saturated carbocycles. The molecule has 0 saturated heterocycles. The van der Waals surface area contributed by atoms with Crippen molar-refractivity contribution in [3.8, 4) is 5.75 Å². The summed E-state index contributed by atoms with van der Waals surface area (Å²) in [5, 5.41) is 15.7. The number of para-hydroxylation sites is 2. The molecule has 0 radical (unpaired) electrons. The zero-order valence-corrected chi connectivity index (χ0v) is 25.7. The SMILES string of the molecule is Cc1cc(O)cc(C)c1C[C@H](NC(=O)OC(C)(C)C)C(=O)N[C@H]1Cc2ccccc2CN(Cc2nc3ccccc3[nH]2)C1=O. The number of carbonyl (C=O) groups excluding carboxylic acids is 3. The van der Waals surface area contributed by atoms with Gasteiger partial charge in [-0.3, -0.25) is 9.59 Å². The van der Waals surface area contributed by atoms with Gasteiger partial charge in [-0.2, -0.15) is 0 Å². The summed E-state index contributed by atoms with van der Waals surface area (Å²) < 4.78 is 5.47. The number of hydrogen-bond acceptors (Lipinski definition) is 6. The minimum atomic E-state index is -1.04. The molecule has 4 N–H and O–H groups in total. The van der Waals surface area contributed by atoms with Gasteiger partial charge in [0.15, 0.2) is 0 Å². The van der Waals surface area contributed by atoms with E-state index in [4.69, 9.17) is 4.74 Å². The smallest absolute Gasteiger partial charge is 0.408 e. The first-order valence-corrected chi connectivity index (χ1v) is 14.7. The molecule has 3 aromatic carbocycles. The second kappa shape index (κ2) is 12.4. The molecule has 4 aromatic rings. The van der Waals surface area contributed by atoms with E-state index >= 15 is 0 Å². The Labute approximate surface area is 256 Å². The number of phenolic OH excluding ortho intramolecular Hbond substituents is 1. The summed E-state index contributed by atoms with van der Waals surface area (Å²) in [6.45, 7) is 9.51. The Balaban J connectivity index is 1.42. The number of hydrogen-bond donors (Lipinski definition) is 4. The Bertz CT molecular complexity index is 1650. The van der Waals surface area contributed by atoms with E-state index in [0.717, 1.165) is 38.9 Å². The lowest BCUT2D eigenvalue weighted by Crippen LogP contribution is -2.55. The fourth-order valence-electron chi connectivity index (χ4n) is 5.66. The molecule has 0 fully saturated rings. The van der Waals surface area contributed by atoms with Crippen molar-refractivity contribution in [1.82, 2.24) is 25.5 Å². The Kier molecular flexibility index (Phi) is 8.62. The average molecular weight is 598 g/mol. The normalized spacial score (nSPS) is 15.8. The van der Waals surface area contributed by atoms with Gasteiger partial charge in [0.25, 0.3) is 0 Å². The van der Waals surface area contributed by atoms with Gasteiger partial charge in [-0.05, 0) is 86.7 Å². The molecule has 2 heterocycles. The molecule has 44 heavy (non-hydrogen) atoms. The van der Waals surface area contributed by atoms with Gasteiger partial charge in [0, 0.05) is 19.4 Å². The monoisotopic (exact) mass is 597 g/mol. The van der Waals surface area contributed by atoms with E-state index in [1.165, 1.54) is 0 Å². The summed E-state index contributed by atoms with van der Waals surface area (Å²) in [5.41, 5.74) is 5.24. The van der Waals surface area contributed by atoms with Crippen LogP contribution < -0.4 is 10.6 Å². The fraction of sp³-hybridized carbons (Fsp3) is 0.353. The summed E-state index contributed by atoms with van der Waals surface area (Å²) in [5.74, 6) is 0.0102. The van der Waals surface area contributed by atoms with E-state index in [1.54, 1.807) is 37.8 Å². The number of aryl methyl sites for hydroxylation is 2. The van der Waals surface area contributed by atoms with Crippen molar-refractivity contribution in [3.05, 3.63) is 94.3 Å². The van der Waals surface area contributed by atoms with Crippen LogP contribution in [0.4, 0.5) is 4.79 Å². The standard InChI is InChI=1S/C34H39N5O5/c1-20-14-24(40)15-21(2)25(20)17-28(38-33(43)44-34(3,4)5)31(41)37-29-16-22-10-6-7-11-23(22)18-39(32(29)42)19-30-35-26-12-8-9-13-27(26)36-30/h6-15,28-29,40H,16-19H2,1-5H3,(H,35,36)(H,37,41)(H,38,43)/t28-,29-/m0/s1. The number of aromatic nitrogens is 2. The van der Waals surface area contributed by atoms with Crippen LogP contribution in [-0.2, 0) is 40.3 Å². The van der Waals surface area contributed by atoms with Crippen molar-refractivity contribution < 1.29 is 24.2 Å². The Hall–Kier alpha value is -4.86. The Morgan fingerprint density at radius 2 is 1.73 bits per heavy atom. The van der Waals surface area contributed by atoms with Crippen LogP contribution in [0.1, 0.15) is 54.4 Å². The summed E-state index contributed by atoms with van der Waals surface area (Å²) in [4.78, 5) is 50.5. The van der Waals surface area contributed by atoms with Crippen LogP contribution in [0.5, 0.6) is 5.75 Å². The van der Waals surface area contributed by atoms with Gasteiger partial charge < -0.3 is 30.4 Å². The first-order valence-electron chi connectivity index (χ1n) is 14.7. The molecule has 0 unspecified atom stereocenters. The molecule has 5 rings (SSSR count). The van der Waals surface area contributed by atoms with Gasteiger partial charge >= 0.3 is 6.09 Å². The van der Waals surface area contributed by atoms with E-state index in [1.807, 2.05) is 62.4 Å². The number of nitrogens with one attached hydrogen (secondary N) is 3. The molecule has 0 bridgehead atoms. The number of phenols is 1. The van der Waals surface area contributed by atoms with Gasteiger partial charge in [0.2, 0.25) is 11.8 Å². The highest BCUT2D eigenvalue weighted by Crippen LogP contribution is 2.24. The van der Waals surface area contributed by atoms with Crippen molar-refractivity contribution >= 4 is 28.9 Å². The molecule has 3 amide bonds. The molecule has 1 aromatic heterocycles. The molecular formula is C34H39N5O5. The average Bonchev–Trinajstić information content (AvgIpc) is 3.30. The summed E-state index contributed by atoms with van der Waals surface area (Å²) in [6.07, 6.45) is -0.299. The number of aromatic amines is 1. The van der Waals surface area contributed by atoms with E-state index in [2.05, 4.69) is 20.6 Å². The zero-order chi connectivity index (χ0) is 31.6. The number of imidazole rings is 1. The molecule has 10 nitrogen and oxygen atoms in total. The van der Waals surface area contributed by atoms with Crippen molar-refractivity contribution in [2.24, 2.45) is 0 Å². The van der Waals surface area contributed by atoms with E-state index in [0.29, 0.717) is 18.8 Å². The number of aromatic hydroxyl groups is 1. The number of benzene rings is 3. The zero-order valence-electron chi connectivity index (χ0n) is 25.7. The first kappa shape index (κ1) is 30.6. The van der Waals surface area contributed by atoms with Crippen molar-refractivity contribution in [3.63, 3.8) is 0 Å². The molecule has 2 atom stereocenters. The highest BCUT2D eigenvalue weighted by atomic mass is 16.6. The third-order valence-electron chi connectivity index (χ3n) is 7.71. The molecule has 1 aliphatic rings. The van der Waals surface area contributed by atoms with Crippen LogP contribution in [0.2, 0.25) is 0 Å². The predicted molar refractivity (Wildman–Crippen MR) is 167 cm³/mol. The molecule has 10 heteroatoms. The quantitative estimate of drug-likeness (QED) is 0.246. The van der Waals surface area contributed by atoms with Crippen LogP contribution in [0.25, 0.3) is 11.0 Å². The van der Waals surface area contributed by atoms with Crippen LogP contribution in [0.15, 0.2) is 60.7 Å². The van der Waals surface area contributed by atoms with Crippen molar-refractivity contribution in [1.29, 1.82) is 0 Å². The van der Waals surface area contributed by atoms with Gasteiger partial charge in [-0.15, -0.1) is 0 Å². The Morgan fingerprint density at radius 1 is 1.07 bits per heavy atom. The topological polar surface area (TPSA) is 137 Å². The number of rotatable bonds is 7.